The number of amides is 1. The Morgan fingerprint density at radius 1 is 1.06 bits per heavy atom. The molecule has 0 spiro atoms. The molecule has 11 heteroatoms. The van der Waals surface area contributed by atoms with E-state index >= 15 is 0 Å². The van der Waals surface area contributed by atoms with Crippen LogP contribution < -0.4 is 10.1 Å². The maximum Gasteiger partial charge on any atom is 0.243 e. The summed E-state index contributed by atoms with van der Waals surface area (Å²) >= 11 is 1.28. The van der Waals surface area contributed by atoms with Crippen LogP contribution in [0.15, 0.2) is 58.6 Å². The molecule has 3 rings (SSSR count). The minimum absolute atomic E-state index is 0.150. The van der Waals surface area contributed by atoms with E-state index in [0.29, 0.717) is 42.1 Å². The molecule has 0 aliphatic rings. The highest BCUT2D eigenvalue weighted by molar-refractivity contribution is 7.99. The second-order valence-electron chi connectivity index (χ2n) is 7.20. The lowest BCUT2D eigenvalue weighted by Gasteiger charge is -2.18. The van der Waals surface area contributed by atoms with Gasteiger partial charge in [-0.1, -0.05) is 37.7 Å². The van der Waals surface area contributed by atoms with E-state index in [0.717, 1.165) is 5.56 Å². The number of methoxy groups -OCH3 is 1. The van der Waals surface area contributed by atoms with Crippen molar-refractivity contribution in [1.29, 1.82) is 0 Å². The Kier molecular flexibility index (Phi) is 8.70. The topological polar surface area (TPSA) is 106 Å². The predicted molar refractivity (Wildman–Crippen MR) is 134 cm³/mol. The third-order valence-corrected chi connectivity index (χ3v) is 8.23. The van der Waals surface area contributed by atoms with Crippen molar-refractivity contribution in [1.82, 2.24) is 19.1 Å². The van der Waals surface area contributed by atoms with Crippen molar-refractivity contribution in [3.63, 3.8) is 0 Å². The number of sulfonamides is 1. The van der Waals surface area contributed by atoms with E-state index in [-0.39, 0.29) is 16.6 Å². The summed E-state index contributed by atoms with van der Waals surface area (Å²) in [6.45, 7) is 7.01. The molecule has 182 valence electrons. The van der Waals surface area contributed by atoms with E-state index in [4.69, 9.17) is 4.74 Å². The van der Waals surface area contributed by atoms with Gasteiger partial charge in [-0.3, -0.25) is 4.79 Å². The molecule has 0 fully saturated rings. The highest BCUT2D eigenvalue weighted by Crippen LogP contribution is 2.27. The molecule has 0 saturated carbocycles. The molecule has 0 saturated heterocycles. The highest BCUT2D eigenvalue weighted by atomic mass is 32.2. The van der Waals surface area contributed by atoms with Gasteiger partial charge in [0.05, 0.1) is 23.4 Å². The zero-order valence-corrected chi connectivity index (χ0v) is 21.3. The second-order valence-corrected chi connectivity index (χ2v) is 10.1. The number of anilines is 1. The molecular formula is C23H29N5O4S2. The summed E-state index contributed by atoms with van der Waals surface area (Å²) in [4.78, 5) is 12.7. The third-order valence-electron chi connectivity index (χ3n) is 5.20. The molecule has 1 heterocycles. The van der Waals surface area contributed by atoms with Crippen molar-refractivity contribution >= 4 is 33.4 Å². The van der Waals surface area contributed by atoms with Crippen molar-refractivity contribution in [2.24, 2.45) is 0 Å². The first-order valence-electron chi connectivity index (χ1n) is 10.9. The minimum atomic E-state index is -3.53. The van der Waals surface area contributed by atoms with E-state index < -0.39 is 10.0 Å². The third kappa shape index (κ3) is 5.60. The molecule has 34 heavy (non-hydrogen) atoms. The van der Waals surface area contributed by atoms with E-state index in [2.05, 4.69) is 15.5 Å². The molecule has 0 unspecified atom stereocenters. The Balaban J connectivity index is 1.73. The monoisotopic (exact) mass is 503 g/mol. The number of nitrogens with zero attached hydrogens (tertiary/aromatic N) is 4. The van der Waals surface area contributed by atoms with Gasteiger partial charge in [0.25, 0.3) is 0 Å². The summed E-state index contributed by atoms with van der Waals surface area (Å²) in [7, 11) is -1.97. The number of nitrogens with one attached hydrogen (secondary N) is 1. The highest BCUT2D eigenvalue weighted by Gasteiger charge is 2.22. The molecule has 0 atom stereocenters. The first-order chi connectivity index (χ1) is 16.3. The fraction of sp³-hybridized carbons (Fsp3) is 0.348. The fourth-order valence-electron chi connectivity index (χ4n) is 3.45. The van der Waals surface area contributed by atoms with Crippen LogP contribution in [0.2, 0.25) is 0 Å². The SMILES string of the molecule is CCN(CC)S(=O)(=O)c1ccc(-c2nnc(SCC(=O)Nc3ccccc3OC)n2CC)cc1. The average Bonchev–Trinajstić information content (AvgIpc) is 3.26. The number of carbonyl (C=O) groups excluding carboxylic acids is 1. The maximum absolute atomic E-state index is 12.7. The summed E-state index contributed by atoms with van der Waals surface area (Å²) in [5.74, 6) is 1.16. The molecule has 0 aliphatic heterocycles. The number of ether oxygens (including phenoxy) is 1. The number of para-hydroxylation sites is 2. The van der Waals surface area contributed by atoms with Gasteiger partial charge in [-0.2, -0.15) is 4.31 Å². The molecule has 1 aromatic heterocycles. The molecular weight excluding hydrogens is 474 g/mol. The summed E-state index contributed by atoms with van der Waals surface area (Å²) in [6.07, 6.45) is 0. The fourth-order valence-corrected chi connectivity index (χ4v) is 5.71. The summed E-state index contributed by atoms with van der Waals surface area (Å²) < 4.78 is 34.0. The van der Waals surface area contributed by atoms with Gasteiger partial charge in [-0.05, 0) is 43.3 Å². The average molecular weight is 504 g/mol. The molecule has 1 N–H and O–H groups in total. The zero-order chi connectivity index (χ0) is 24.7. The van der Waals surface area contributed by atoms with E-state index in [9.17, 15) is 13.2 Å². The number of hydrogen-bond donors (Lipinski definition) is 1. The van der Waals surface area contributed by atoms with Crippen LogP contribution in [0.1, 0.15) is 20.8 Å². The van der Waals surface area contributed by atoms with E-state index in [1.54, 1.807) is 43.5 Å². The molecule has 0 bridgehead atoms. The number of thioether (sulfide) groups is 1. The van der Waals surface area contributed by atoms with Gasteiger partial charge in [0.15, 0.2) is 11.0 Å². The van der Waals surface area contributed by atoms with Crippen LogP contribution in [-0.4, -0.2) is 59.3 Å². The number of benzene rings is 2. The normalized spacial score (nSPS) is 11.6. The van der Waals surface area contributed by atoms with E-state index in [1.165, 1.54) is 16.1 Å². The zero-order valence-electron chi connectivity index (χ0n) is 19.7. The Bertz CT molecular complexity index is 1220. The predicted octanol–water partition coefficient (Wildman–Crippen LogP) is 3.73. The van der Waals surface area contributed by atoms with Gasteiger partial charge in [-0.15, -0.1) is 10.2 Å². The lowest BCUT2D eigenvalue weighted by molar-refractivity contribution is -0.113. The lowest BCUT2D eigenvalue weighted by Crippen LogP contribution is -2.30. The number of hydrogen-bond acceptors (Lipinski definition) is 7. The largest absolute Gasteiger partial charge is 0.495 e. The van der Waals surface area contributed by atoms with Gasteiger partial charge < -0.3 is 14.6 Å². The van der Waals surface area contributed by atoms with Gasteiger partial charge >= 0.3 is 0 Å². The summed E-state index contributed by atoms with van der Waals surface area (Å²) in [6, 6.07) is 13.9. The Morgan fingerprint density at radius 3 is 2.35 bits per heavy atom. The van der Waals surface area contributed by atoms with Crippen LogP contribution in [0.5, 0.6) is 5.75 Å². The standard InChI is InChI=1S/C23H29N5O4S2/c1-5-27(6-2)34(30,31)18-14-12-17(13-15-18)22-25-26-23(28(22)7-3)33-16-21(29)24-19-10-8-9-11-20(19)32-4/h8-15H,5-7,16H2,1-4H3,(H,24,29). The van der Waals surface area contributed by atoms with Crippen LogP contribution in [-0.2, 0) is 21.4 Å². The Hall–Kier alpha value is -2.89. The van der Waals surface area contributed by atoms with Crippen molar-refractivity contribution in [2.75, 3.05) is 31.3 Å². The van der Waals surface area contributed by atoms with Gasteiger partial charge in [0.2, 0.25) is 15.9 Å². The summed E-state index contributed by atoms with van der Waals surface area (Å²) in [5, 5.41) is 12.0. The van der Waals surface area contributed by atoms with Crippen LogP contribution in [0.25, 0.3) is 11.4 Å². The first-order valence-corrected chi connectivity index (χ1v) is 13.4. The minimum Gasteiger partial charge on any atom is -0.495 e. The Labute approximate surface area is 204 Å². The van der Waals surface area contributed by atoms with Crippen molar-refractivity contribution in [2.45, 2.75) is 37.4 Å². The van der Waals surface area contributed by atoms with Gasteiger partial charge in [0.1, 0.15) is 5.75 Å². The van der Waals surface area contributed by atoms with Gasteiger partial charge in [-0.25, -0.2) is 8.42 Å². The molecule has 1 amide bonds. The van der Waals surface area contributed by atoms with Crippen molar-refractivity contribution in [3.8, 4) is 17.1 Å². The number of carbonyl (C=O) groups is 1. The quantitative estimate of drug-likeness (QED) is 0.397. The molecule has 2 aromatic carbocycles. The van der Waals surface area contributed by atoms with Crippen LogP contribution in [0.3, 0.4) is 0 Å². The van der Waals surface area contributed by atoms with Gasteiger partial charge in [0, 0.05) is 25.2 Å². The lowest BCUT2D eigenvalue weighted by atomic mass is 10.2. The smallest absolute Gasteiger partial charge is 0.243 e. The molecule has 9 nitrogen and oxygen atoms in total. The summed E-state index contributed by atoms with van der Waals surface area (Å²) in [5.41, 5.74) is 1.35. The maximum atomic E-state index is 12.7. The molecule has 0 radical (unpaired) electrons. The van der Waals surface area contributed by atoms with Crippen molar-refractivity contribution < 1.29 is 17.9 Å². The Morgan fingerprint density at radius 2 is 1.74 bits per heavy atom. The van der Waals surface area contributed by atoms with Crippen LogP contribution in [0.4, 0.5) is 5.69 Å². The van der Waals surface area contributed by atoms with Crippen molar-refractivity contribution in [3.05, 3.63) is 48.5 Å². The number of rotatable bonds is 11. The number of aromatic nitrogens is 3. The molecule has 0 aliphatic carbocycles. The second kappa shape index (κ2) is 11.5. The first kappa shape index (κ1) is 25.7. The molecule has 3 aromatic rings. The van der Waals surface area contributed by atoms with Crippen LogP contribution >= 0.6 is 11.8 Å². The van der Waals surface area contributed by atoms with Crippen LogP contribution in [0, 0.1) is 0 Å². The van der Waals surface area contributed by atoms with E-state index in [1.807, 2.05) is 37.5 Å².